The Kier molecular flexibility index (Phi) is 5.00. The molecule has 0 aliphatic rings. The van der Waals surface area contributed by atoms with Crippen molar-refractivity contribution in [2.24, 2.45) is 5.92 Å². The quantitative estimate of drug-likeness (QED) is 0.806. The van der Waals surface area contributed by atoms with Crippen LogP contribution in [0.5, 0.6) is 0 Å². The van der Waals surface area contributed by atoms with E-state index in [0.29, 0.717) is 5.92 Å². The molecule has 2 unspecified atom stereocenters. The standard InChI is InChI=1S/C13H24N2O/c1-5-7-10(3)13(16)9-12-8-11(4)14-15(12)6-2/h8,10,13,16H,5-7,9H2,1-4H3. The van der Waals surface area contributed by atoms with E-state index in [4.69, 9.17) is 0 Å². The number of aliphatic hydroxyl groups excluding tert-OH is 1. The average molecular weight is 224 g/mol. The van der Waals surface area contributed by atoms with Crippen molar-refractivity contribution in [3.63, 3.8) is 0 Å². The maximum Gasteiger partial charge on any atom is 0.0621 e. The molecule has 0 radical (unpaired) electrons. The minimum atomic E-state index is -0.249. The fraction of sp³-hybridized carbons (Fsp3) is 0.769. The van der Waals surface area contributed by atoms with Crippen LogP contribution in [0.15, 0.2) is 6.07 Å². The smallest absolute Gasteiger partial charge is 0.0621 e. The van der Waals surface area contributed by atoms with E-state index in [1.165, 1.54) is 0 Å². The Morgan fingerprint density at radius 1 is 1.44 bits per heavy atom. The fourth-order valence-electron chi connectivity index (χ4n) is 2.10. The van der Waals surface area contributed by atoms with E-state index in [1.54, 1.807) is 0 Å². The zero-order valence-electron chi connectivity index (χ0n) is 10.9. The predicted molar refractivity (Wildman–Crippen MR) is 66.4 cm³/mol. The van der Waals surface area contributed by atoms with E-state index in [0.717, 1.165) is 37.2 Å². The Morgan fingerprint density at radius 2 is 2.12 bits per heavy atom. The zero-order valence-corrected chi connectivity index (χ0v) is 10.9. The largest absolute Gasteiger partial charge is 0.392 e. The van der Waals surface area contributed by atoms with Gasteiger partial charge in [-0.2, -0.15) is 5.10 Å². The molecule has 92 valence electrons. The van der Waals surface area contributed by atoms with Gasteiger partial charge >= 0.3 is 0 Å². The first-order valence-corrected chi connectivity index (χ1v) is 6.29. The zero-order chi connectivity index (χ0) is 12.1. The molecule has 0 saturated heterocycles. The maximum absolute atomic E-state index is 10.1. The highest BCUT2D eigenvalue weighted by atomic mass is 16.3. The second-order valence-corrected chi connectivity index (χ2v) is 4.63. The van der Waals surface area contributed by atoms with Crippen LogP contribution in [0, 0.1) is 12.8 Å². The van der Waals surface area contributed by atoms with Gasteiger partial charge in [0.05, 0.1) is 11.8 Å². The summed E-state index contributed by atoms with van der Waals surface area (Å²) >= 11 is 0. The molecule has 0 aromatic carbocycles. The van der Waals surface area contributed by atoms with Crippen molar-refractivity contribution in [1.29, 1.82) is 0 Å². The number of aliphatic hydroxyl groups is 1. The van der Waals surface area contributed by atoms with E-state index >= 15 is 0 Å². The Hall–Kier alpha value is -0.830. The second-order valence-electron chi connectivity index (χ2n) is 4.63. The van der Waals surface area contributed by atoms with Crippen molar-refractivity contribution in [3.05, 3.63) is 17.5 Å². The van der Waals surface area contributed by atoms with Gasteiger partial charge in [-0.1, -0.05) is 20.3 Å². The minimum Gasteiger partial charge on any atom is -0.392 e. The molecule has 1 aromatic heterocycles. The lowest BCUT2D eigenvalue weighted by Gasteiger charge is -2.18. The summed E-state index contributed by atoms with van der Waals surface area (Å²) in [4.78, 5) is 0. The molecule has 0 saturated carbocycles. The first-order valence-electron chi connectivity index (χ1n) is 6.29. The van der Waals surface area contributed by atoms with Crippen LogP contribution in [-0.4, -0.2) is 21.0 Å². The van der Waals surface area contributed by atoms with Gasteiger partial charge in [0.1, 0.15) is 0 Å². The van der Waals surface area contributed by atoms with Gasteiger partial charge < -0.3 is 5.11 Å². The third-order valence-corrected chi connectivity index (χ3v) is 3.10. The molecule has 0 amide bonds. The van der Waals surface area contributed by atoms with Crippen LogP contribution < -0.4 is 0 Å². The summed E-state index contributed by atoms with van der Waals surface area (Å²) < 4.78 is 1.98. The maximum atomic E-state index is 10.1. The lowest BCUT2D eigenvalue weighted by Crippen LogP contribution is -2.22. The van der Waals surface area contributed by atoms with Crippen LogP contribution in [0.3, 0.4) is 0 Å². The molecule has 1 aromatic rings. The van der Waals surface area contributed by atoms with Gasteiger partial charge in [0, 0.05) is 18.7 Å². The van der Waals surface area contributed by atoms with E-state index < -0.39 is 0 Å². The molecule has 2 atom stereocenters. The summed E-state index contributed by atoms with van der Waals surface area (Å²) in [6, 6.07) is 2.07. The average Bonchev–Trinajstić information content (AvgIpc) is 2.59. The number of aromatic nitrogens is 2. The molecule has 0 aliphatic carbocycles. The van der Waals surface area contributed by atoms with Crippen LogP contribution in [0.4, 0.5) is 0 Å². The van der Waals surface area contributed by atoms with Crippen LogP contribution >= 0.6 is 0 Å². The summed E-state index contributed by atoms with van der Waals surface area (Å²) in [7, 11) is 0. The van der Waals surface area contributed by atoms with Crippen molar-refractivity contribution in [1.82, 2.24) is 9.78 Å². The predicted octanol–water partition coefficient (Wildman–Crippen LogP) is 2.55. The number of hydrogen-bond donors (Lipinski definition) is 1. The molecule has 0 aliphatic heterocycles. The van der Waals surface area contributed by atoms with Crippen molar-refractivity contribution in [2.75, 3.05) is 0 Å². The Bertz CT molecular complexity index is 320. The summed E-state index contributed by atoms with van der Waals surface area (Å²) in [5, 5.41) is 14.5. The number of hydrogen-bond acceptors (Lipinski definition) is 2. The monoisotopic (exact) mass is 224 g/mol. The van der Waals surface area contributed by atoms with Gasteiger partial charge in [-0.3, -0.25) is 4.68 Å². The molecule has 0 bridgehead atoms. The van der Waals surface area contributed by atoms with Crippen LogP contribution in [0.2, 0.25) is 0 Å². The number of aryl methyl sites for hydroxylation is 2. The third-order valence-electron chi connectivity index (χ3n) is 3.10. The summed E-state index contributed by atoms with van der Waals surface area (Å²) in [6.45, 7) is 9.23. The Balaban J connectivity index is 2.64. The Labute approximate surface area is 98.5 Å². The lowest BCUT2D eigenvalue weighted by atomic mass is 9.96. The SMILES string of the molecule is CCCC(C)C(O)Cc1cc(C)nn1CC. The van der Waals surface area contributed by atoms with Crippen molar-refractivity contribution in [3.8, 4) is 0 Å². The highest BCUT2D eigenvalue weighted by Gasteiger charge is 2.16. The van der Waals surface area contributed by atoms with Gasteiger partial charge in [0.2, 0.25) is 0 Å². The molecule has 0 spiro atoms. The summed E-state index contributed by atoms with van der Waals surface area (Å²) in [5.74, 6) is 0.366. The molecule has 16 heavy (non-hydrogen) atoms. The lowest BCUT2D eigenvalue weighted by molar-refractivity contribution is 0.109. The van der Waals surface area contributed by atoms with Crippen molar-refractivity contribution >= 4 is 0 Å². The number of rotatable bonds is 6. The molecule has 3 heteroatoms. The third kappa shape index (κ3) is 3.34. The Morgan fingerprint density at radius 3 is 2.69 bits per heavy atom. The minimum absolute atomic E-state index is 0.249. The summed E-state index contributed by atoms with van der Waals surface area (Å²) in [5.41, 5.74) is 2.18. The molecular weight excluding hydrogens is 200 g/mol. The summed E-state index contributed by atoms with van der Waals surface area (Å²) in [6.07, 6.45) is 2.68. The van der Waals surface area contributed by atoms with E-state index in [-0.39, 0.29) is 6.10 Å². The molecule has 1 heterocycles. The van der Waals surface area contributed by atoms with Gasteiger partial charge in [-0.05, 0) is 32.3 Å². The first-order chi connectivity index (χ1) is 7.58. The molecule has 1 rings (SSSR count). The van der Waals surface area contributed by atoms with Crippen LogP contribution in [-0.2, 0) is 13.0 Å². The van der Waals surface area contributed by atoms with Crippen LogP contribution in [0.1, 0.15) is 45.0 Å². The molecular formula is C13H24N2O. The fourth-order valence-corrected chi connectivity index (χ4v) is 2.10. The molecule has 0 fully saturated rings. The van der Waals surface area contributed by atoms with Crippen LogP contribution in [0.25, 0.3) is 0 Å². The van der Waals surface area contributed by atoms with Crippen molar-refractivity contribution < 1.29 is 5.11 Å². The first kappa shape index (κ1) is 13.2. The van der Waals surface area contributed by atoms with Crippen molar-refractivity contribution in [2.45, 2.75) is 59.6 Å². The topological polar surface area (TPSA) is 38.1 Å². The van der Waals surface area contributed by atoms with Gasteiger partial charge in [0.25, 0.3) is 0 Å². The highest BCUT2D eigenvalue weighted by Crippen LogP contribution is 2.16. The van der Waals surface area contributed by atoms with Gasteiger partial charge in [0.15, 0.2) is 0 Å². The van der Waals surface area contributed by atoms with E-state index in [9.17, 15) is 5.11 Å². The number of nitrogens with zero attached hydrogens (tertiary/aromatic N) is 2. The second kappa shape index (κ2) is 6.04. The highest BCUT2D eigenvalue weighted by molar-refractivity contribution is 5.10. The molecule has 3 nitrogen and oxygen atoms in total. The van der Waals surface area contributed by atoms with Gasteiger partial charge in [-0.25, -0.2) is 0 Å². The van der Waals surface area contributed by atoms with Gasteiger partial charge in [-0.15, -0.1) is 0 Å². The van der Waals surface area contributed by atoms with E-state index in [2.05, 4.69) is 31.9 Å². The van der Waals surface area contributed by atoms with E-state index in [1.807, 2.05) is 11.6 Å². The normalized spacial score (nSPS) is 15.1. The molecule has 1 N–H and O–H groups in total.